The summed E-state index contributed by atoms with van der Waals surface area (Å²) in [5, 5.41) is 3.45. The maximum Gasteiger partial charge on any atom is 0.234 e. The van der Waals surface area contributed by atoms with E-state index in [2.05, 4.69) is 42.0 Å². The Morgan fingerprint density at radius 2 is 1.53 bits per heavy atom. The van der Waals surface area contributed by atoms with Crippen LogP contribution in [-0.4, -0.2) is 16.3 Å². The molecule has 4 bridgehead atoms. The van der Waals surface area contributed by atoms with Crippen molar-refractivity contribution in [3.63, 3.8) is 0 Å². The van der Waals surface area contributed by atoms with Gasteiger partial charge in [-0.1, -0.05) is 36.7 Å². The van der Waals surface area contributed by atoms with Crippen molar-refractivity contribution in [1.82, 2.24) is 5.32 Å². The maximum absolute atomic E-state index is 12.5. The van der Waals surface area contributed by atoms with Crippen molar-refractivity contribution in [3.05, 3.63) is 0 Å². The zero-order valence-corrected chi connectivity index (χ0v) is 13.9. The average molecular weight is 328 g/mol. The summed E-state index contributed by atoms with van der Waals surface area (Å²) in [7, 11) is 0. The molecule has 0 aliphatic heterocycles. The topological polar surface area (TPSA) is 29.1 Å². The molecule has 3 heteroatoms. The molecule has 4 aliphatic carbocycles. The van der Waals surface area contributed by atoms with Crippen LogP contribution in [0.25, 0.3) is 0 Å². The second-order valence-electron chi connectivity index (χ2n) is 8.42. The summed E-state index contributed by atoms with van der Waals surface area (Å²) < 4.78 is 0. The Morgan fingerprint density at radius 3 is 1.89 bits per heavy atom. The number of nitrogens with one attached hydrogen (secondary N) is 1. The van der Waals surface area contributed by atoms with Gasteiger partial charge in [-0.05, 0) is 61.7 Å². The van der Waals surface area contributed by atoms with E-state index in [4.69, 9.17) is 0 Å². The Kier molecular flexibility index (Phi) is 3.28. The summed E-state index contributed by atoms with van der Waals surface area (Å²) in [6, 6.07) is 0. The normalized spacial score (nSPS) is 42.2. The molecule has 1 N–H and O–H groups in total. The van der Waals surface area contributed by atoms with Crippen LogP contribution in [0.5, 0.6) is 0 Å². The first-order chi connectivity index (χ1) is 8.77. The number of hydrogen-bond donors (Lipinski definition) is 1. The molecule has 0 heterocycles. The van der Waals surface area contributed by atoms with E-state index in [1.54, 1.807) is 0 Å². The number of carbonyl (C=O) groups excluding carboxylic acids is 1. The molecule has 2 nitrogen and oxygen atoms in total. The average Bonchev–Trinajstić information content (AvgIpc) is 2.23. The highest BCUT2D eigenvalue weighted by atomic mass is 79.9. The van der Waals surface area contributed by atoms with Gasteiger partial charge in [-0.25, -0.2) is 0 Å². The maximum atomic E-state index is 12.5. The Labute approximate surface area is 125 Å². The Morgan fingerprint density at radius 1 is 1.11 bits per heavy atom. The summed E-state index contributed by atoms with van der Waals surface area (Å²) in [4.78, 5) is 12.4. The number of rotatable bonds is 2. The molecular weight excluding hydrogens is 302 g/mol. The minimum absolute atomic E-state index is 0.0215. The molecule has 19 heavy (non-hydrogen) atoms. The molecule has 0 spiro atoms. The Bertz CT molecular complexity index is 349. The lowest BCUT2D eigenvalue weighted by molar-refractivity contribution is -0.127. The van der Waals surface area contributed by atoms with Crippen molar-refractivity contribution in [1.29, 1.82) is 0 Å². The van der Waals surface area contributed by atoms with E-state index in [0.29, 0.717) is 0 Å². The Hall–Kier alpha value is -0.0500. The number of alkyl halides is 1. The molecule has 0 aromatic rings. The van der Waals surface area contributed by atoms with Crippen molar-refractivity contribution in [2.24, 2.45) is 23.2 Å². The van der Waals surface area contributed by atoms with Crippen molar-refractivity contribution in [3.8, 4) is 0 Å². The molecule has 4 rings (SSSR count). The van der Waals surface area contributed by atoms with Crippen molar-refractivity contribution in [2.45, 2.75) is 69.7 Å². The molecule has 1 atom stereocenters. The molecule has 0 aromatic carbocycles. The second-order valence-corrected chi connectivity index (χ2v) is 9.33. The van der Waals surface area contributed by atoms with E-state index < -0.39 is 0 Å². The van der Waals surface area contributed by atoms with Crippen LogP contribution in [0.3, 0.4) is 0 Å². The largest absolute Gasteiger partial charge is 0.350 e. The van der Waals surface area contributed by atoms with Gasteiger partial charge in [-0.3, -0.25) is 4.79 Å². The highest BCUT2D eigenvalue weighted by Gasteiger charge is 2.52. The molecule has 0 saturated heterocycles. The van der Waals surface area contributed by atoms with E-state index >= 15 is 0 Å². The third-order valence-corrected chi connectivity index (χ3v) is 7.21. The fourth-order valence-electron chi connectivity index (χ4n) is 4.98. The molecule has 108 valence electrons. The van der Waals surface area contributed by atoms with Gasteiger partial charge in [-0.2, -0.15) is 0 Å². The highest BCUT2D eigenvalue weighted by molar-refractivity contribution is 9.10. The highest BCUT2D eigenvalue weighted by Crippen LogP contribution is 2.55. The standard InChI is InChI=1S/C16H26BrNO/c1-15(2,3)13(17)14(19)18-16-7-10-4-11(8-16)6-12(5-10)9-16/h10-13H,4-9H2,1-3H3,(H,18,19)/t10?,11?,12?,13-,16?/m1/s1. The summed E-state index contributed by atoms with van der Waals surface area (Å²) in [6.45, 7) is 6.35. The number of carbonyl (C=O) groups is 1. The zero-order valence-electron chi connectivity index (χ0n) is 12.3. The summed E-state index contributed by atoms with van der Waals surface area (Å²) in [6.07, 6.45) is 7.96. The second kappa shape index (κ2) is 4.47. The van der Waals surface area contributed by atoms with E-state index in [9.17, 15) is 4.79 Å². The number of amides is 1. The van der Waals surface area contributed by atoms with Gasteiger partial charge in [0.15, 0.2) is 0 Å². The third-order valence-electron chi connectivity index (χ3n) is 5.42. The molecule has 4 saturated carbocycles. The van der Waals surface area contributed by atoms with Gasteiger partial charge in [0.05, 0.1) is 4.83 Å². The predicted octanol–water partition coefficient (Wildman–Crippen LogP) is 3.88. The van der Waals surface area contributed by atoms with Crippen LogP contribution in [-0.2, 0) is 4.79 Å². The van der Waals surface area contributed by atoms with Gasteiger partial charge >= 0.3 is 0 Å². The molecular formula is C16H26BrNO. The molecule has 4 fully saturated rings. The summed E-state index contributed by atoms with van der Waals surface area (Å²) in [5.74, 6) is 2.86. The first kappa shape index (κ1) is 13.9. The first-order valence-corrected chi connectivity index (χ1v) is 8.65. The van der Waals surface area contributed by atoms with Crippen LogP contribution in [0.15, 0.2) is 0 Å². The van der Waals surface area contributed by atoms with Crippen LogP contribution < -0.4 is 5.32 Å². The van der Waals surface area contributed by atoms with Crippen LogP contribution in [0, 0.1) is 23.2 Å². The van der Waals surface area contributed by atoms with Crippen molar-refractivity contribution in [2.75, 3.05) is 0 Å². The molecule has 4 aliphatic rings. The van der Waals surface area contributed by atoms with E-state index in [-0.39, 0.29) is 21.7 Å². The Balaban J connectivity index is 1.71. The lowest BCUT2D eigenvalue weighted by Gasteiger charge is -2.57. The predicted molar refractivity (Wildman–Crippen MR) is 81.2 cm³/mol. The molecule has 1 amide bonds. The van der Waals surface area contributed by atoms with Crippen molar-refractivity contribution < 1.29 is 4.79 Å². The van der Waals surface area contributed by atoms with Gasteiger partial charge in [0.25, 0.3) is 0 Å². The molecule has 0 radical (unpaired) electrons. The quantitative estimate of drug-likeness (QED) is 0.766. The van der Waals surface area contributed by atoms with Crippen LogP contribution in [0.4, 0.5) is 0 Å². The van der Waals surface area contributed by atoms with E-state index in [0.717, 1.165) is 17.8 Å². The lowest BCUT2D eigenvalue weighted by atomic mass is 9.53. The van der Waals surface area contributed by atoms with Gasteiger partial charge in [-0.15, -0.1) is 0 Å². The molecule has 0 unspecified atom stereocenters. The fourth-order valence-corrected chi connectivity index (χ4v) is 5.10. The first-order valence-electron chi connectivity index (χ1n) is 7.73. The van der Waals surface area contributed by atoms with Crippen LogP contribution in [0.2, 0.25) is 0 Å². The SMILES string of the molecule is CC(C)(C)[C@H](Br)C(=O)NC12CC3CC(CC(C3)C1)C2. The summed E-state index contributed by atoms with van der Waals surface area (Å²) >= 11 is 3.59. The third kappa shape index (κ3) is 2.59. The van der Waals surface area contributed by atoms with E-state index in [1.165, 1.54) is 38.5 Å². The van der Waals surface area contributed by atoms with Gasteiger partial charge in [0, 0.05) is 5.54 Å². The van der Waals surface area contributed by atoms with Crippen LogP contribution in [0.1, 0.15) is 59.3 Å². The monoisotopic (exact) mass is 327 g/mol. The number of halogens is 1. The zero-order chi connectivity index (χ0) is 13.8. The number of hydrogen-bond acceptors (Lipinski definition) is 1. The fraction of sp³-hybridized carbons (Fsp3) is 0.938. The summed E-state index contributed by atoms with van der Waals surface area (Å²) in [5.41, 5.74) is 0.121. The smallest absolute Gasteiger partial charge is 0.234 e. The van der Waals surface area contributed by atoms with Crippen LogP contribution >= 0.6 is 15.9 Å². The minimum Gasteiger partial charge on any atom is -0.350 e. The molecule has 0 aromatic heterocycles. The van der Waals surface area contributed by atoms with Gasteiger partial charge in [0.1, 0.15) is 0 Å². The minimum atomic E-state index is -0.0898. The van der Waals surface area contributed by atoms with Crippen molar-refractivity contribution >= 4 is 21.8 Å². The lowest BCUT2D eigenvalue weighted by Crippen LogP contribution is -2.61. The van der Waals surface area contributed by atoms with E-state index in [1.807, 2.05) is 0 Å². The van der Waals surface area contributed by atoms with Gasteiger partial charge < -0.3 is 5.32 Å². The van der Waals surface area contributed by atoms with Gasteiger partial charge in [0.2, 0.25) is 5.91 Å².